The van der Waals surface area contributed by atoms with Crippen LogP contribution in [0.3, 0.4) is 0 Å². The highest BCUT2D eigenvalue weighted by atomic mass is 16.2. The number of amides is 3. The van der Waals surface area contributed by atoms with E-state index in [1.54, 1.807) is 4.90 Å². The monoisotopic (exact) mass is 361 g/mol. The molecule has 1 aliphatic rings. The lowest BCUT2D eigenvalue weighted by Crippen LogP contribution is -2.48. The molecule has 0 radical (unpaired) electrons. The highest BCUT2D eigenvalue weighted by molar-refractivity contribution is 5.93. The number of carbonyl (C=O) groups is 2. The van der Waals surface area contributed by atoms with E-state index in [4.69, 9.17) is 0 Å². The zero-order valence-corrected chi connectivity index (χ0v) is 15.2. The summed E-state index contributed by atoms with van der Waals surface area (Å²) in [5.41, 5.74) is 1.70. The van der Waals surface area contributed by atoms with Gasteiger partial charge in [0.25, 0.3) is 0 Å². The van der Waals surface area contributed by atoms with E-state index in [1.807, 2.05) is 60.7 Å². The lowest BCUT2D eigenvalue weighted by atomic mass is 9.97. The van der Waals surface area contributed by atoms with E-state index in [0.29, 0.717) is 13.1 Å². The Morgan fingerprint density at radius 1 is 1.04 bits per heavy atom. The second kappa shape index (κ2) is 9.44. The predicted molar refractivity (Wildman–Crippen MR) is 106 cm³/mol. The standard InChI is InChI=1S/C22H23N3O2/c26-21(24-20-13-5-2-6-14-20)19-12-8-16-25(17-19)22(27)23-15-7-11-18-9-3-1-4-10-18/h1-6,9-10,13-14,19H,8,12,15-17H2,(H,23,27)(H,24,26). The van der Waals surface area contributed by atoms with E-state index >= 15 is 0 Å². The minimum absolute atomic E-state index is 0.0393. The van der Waals surface area contributed by atoms with Crippen molar-refractivity contribution in [3.8, 4) is 11.8 Å². The molecule has 0 spiro atoms. The van der Waals surface area contributed by atoms with Crippen LogP contribution in [0.15, 0.2) is 60.7 Å². The highest BCUT2D eigenvalue weighted by Gasteiger charge is 2.28. The van der Waals surface area contributed by atoms with Crippen LogP contribution in [0.2, 0.25) is 0 Å². The molecular weight excluding hydrogens is 338 g/mol. The van der Waals surface area contributed by atoms with Crippen molar-refractivity contribution in [2.24, 2.45) is 5.92 Å². The number of anilines is 1. The van der Waals surface area contributed by atoms with Gasteiger partial charge in [0.2, 0.25) is 5.91 Å². The van der Waals surface area contributed by atoms with Crippen LogP contribution in [0.5, 0.6) is 0 Å². The van der Waals surface area contributed by atoms with Gasteiger partial charge in [-0.1, -0.05) is 48.2 Å². The summed E-state index contributed by atoms with van der Waals surface area (Å²) in [6.45, 7) is 1.37. The van der Waals surface area contributed by atoms with Gasteiger partial charge < -0.3 is 15.5 Å². The third-order valence-electron chi connectivity index (χ3n) is 4.46. The maximum Gasteiger partial charge on any atom is 0.318 e. The fraction of sp³-hybridized carbons (Fsp3) is 0.273. The Morgan fingerprint density at radius 3 is 2.48 bits per heavy atom. The molecule has 3 amide bonds. The first-order valence-electron chi connectivity index (χ1n) is 9.15. The van der Waals surface area contributed by atoms with Crippen LogP contribution < -0.4 is 10.6 Å². The van der Waals surface area contributed by atoms with Gasteiger partial charge in [0.15, 0.2) is 0 Å². The quantitative estimate of drug-likeness (QED) is 0.826. The summed E-state index contributed by atoms with van der Waals surface area (Å²) in [6, 6.07) is 18.9. The van der Waals surface area contributed by atoms with E-state index in [1.165, 1.54) is 0 Å². The molecule has 138 valence electrons. The number of likely N-dealkylation sites (tertiary alicyclic amines) is 1. The normalized spacial score (nSPS) is 16.0. The van der Waals surface area contributed by atoms with Gasteiger partial charge in [0.1, 0.15) is 0 Å². The number of piperidine rings is 1. The molecule has 0 aliphatic carbocycles. The Balaban J connectivity index is 1.48. The molecule has 2 aromatic rings. The van der Waals surface area contributed by atoms with Crippen molar-refractivity contribution < 1.29 is 9.59 Å². The summed E-state index contributed by atoms with van der Waals surface area (Å²) in [4.78, 5) is 26.5. The topological polar surface area (TPSA) is 61.4 Å². The number of carbonyl (C=O) groups excluding carboxylic acids is 2. The molecule has 2 N–H and O–H groups in total. The van der Waals surface area contributed by atoms with Gasteiger partial charge in [-0.15, -0.1) is 0 Å². The highest BCUT2D eigenvalue weighted by Crippen LogP contribution is 2.18. The molecule has 0 aromatic heterocycles. The van der Waals surface area contributed by atoms with E-state index in [2.05, 4.69) is 22.5 Å². The Hall–Kier alpha value is -3.26. The molecule has 0 bridgehead atoms. The molecular formula is C22H23N3O2. The van der Waals surface area contributed by atoms with Crippen LogP contribution in [0.1, 0.15) is 18.4 Å². The van der Waals surface area contributed by atoms with Crippen molar-refractivity contribution in [3.05, 3.63) is 66.2 Å². The fourth-order valence-electron chi connectivity index (χ4n) is 3.04. The molecule has 5 heteroatoms. The summed E-state index contributed by atoms with van der Waals surface area (Å²) < 4.78 is 0. The van der Waals surface area contributed by atoms with Crippen molar-refractivity contribution in [2.45, 2.75) is 12.8 Å². The van der Waals surface area contributed by atoms with Crippen molar-refractivity contribution in [3.63, 3.8) is 0 Å². The van der Waals surface area contributed by atoms with Crippen molar-refractivity contribution in [2.75, 3.05) is 25.0 Å². The van der Waals surface area contributed by atoms with Gasteiger partial charge in [-0.2, -0.15) is 0 Å². The largest absolute Gasteiger partial charge is 0.327 e. The van der Waals surface area contributed by atoms with Crippen molar-refractivity contribution in [1.82, 2.24) is 10.2 Å². The Bertz CT molecular complexity index is 825. The average Bonchev–Trinajstić information content (AvgIpc) is 2.72. The van der Waals surface area contributed by atoms with E-state index in [0.717, 1.165) is 24.1 Å². The van der Waals surface area contributed by atoms with E-state index in [9.17, 15) is 9.59 Å². The Kier molecular flexibility index (Phi) is 6.48. The summed E-state index contributed by atoms with van der Waals surface area (Å²) in [5, 5.41) is 5.74. The number of hydrogen-bond acceptors (Lipinski definition) is 2. The van der Waals surface area contributed by atoms with E-state index < -0.39 is 0 Å². The van der Waals surface area contributed by atoms with Gasteiger partial charge in [-0.3, -0.25) is 4.79 Å². The Labute approximate surface area is 159 Å². The minimum atomic E-state index is -0.194. The Morgan fingerprint density at radius 2 is 1.74 bits per heavy atom. The summed E-state index contributed by atoms with van der Waals surface area (Å²) in [5.74, 6) is 5.73. The molecule has 27 heavy (non-hydrogen) atoms. The van der Waals surface area contributed by atoms with Gasteiger partial charge in [-0.05, 0) is 37.1 Å². The molecule has 1 heterocycles. The summed E-state index contributed by atoms with van der Waals surface area (Å²) in [7, 11) is 0. The molecule has 0 saturated carbocycles. The molecule has 1 unspecified atom stereocenters. The van der Waals surface area contributed by atoms with Crippen LogP contribution in [-0.2, 0) is 4.79 Å². The first-order valence-corrected chi connectivity index (χ1v) is 9.15. The van der Waals surface area contributed by atoms with Gasteiger partial charge in [0.05, 0.1) is 12.5 Å². The molecule has 3 rings (SSSR count). The molecule has 1 aliphatic heterocycles. The first-order chi connectivity index (χ1) is 13.2. The second-order valence-corrected chi connectivity index (χ2v) is 6.47. The zero-order chi connectivity index (χ0) is 18.9. The molecule has 1 saturated heterocycles. The maximum atomic E-state index is 12.5. The number of rotatable bonds is 3. The van der Waals surface area contributed by atoms with Crippen molar-refractivity contribution >= 4 is 17.6 Å². The lowest BCUT2D eigenvalue weighted by Gasteiger charge is -2.31. The number of para-hydroxylation sites is 1. The first kappa shape index (κ1) is 18.5. The number of nitrogens with one attached hydrogen (secondary N) is 2. The van der Waals surface area contributed by atoms with Crippen LogP contribution in [-0.4, -0.2) is 36.5 Å². The molecule has 2 aromatic carbocycles. The number of benzene rings is 2. The molecule has 1 fully saturated rings. The molecule has 1 atom stereocenters. The minimum Gasteiger partial charge on any atom is -0.327 e. The third kappa shape index (κ3) is 5.61. The SMILES string of the molecule is O=C(Nc1ccccc1)C1CCCN(C(=O)NCC#Cc2ccccc2)C1. The van der Waals surface area contributed by atoms with E-state index in [-0.39, 0.29) is 24.4 Å². The van der Waals surface area contributed by atoms with Gasteiger partial charge in [-0.25, -0.2) is 4.79 Å². The number of hydrogen-bond donors (Lipinski definition) is 2. The van der Waals surface area contributed by atoms with Crippen LogP contribution >= 0.6 is 0 Å². The fourth-order valence-corrected chi connectivity index (χ4v) is 3.04. The van der Waals surface area contributed by atoms with Crippen LogP contribution in [0, 0.1) is 17.8 Å². The lowest BCUT2D eigenvalue weighted by molar-refractivity contribution is -0.121. The van der Waals surface area contributed by atoms with Crippen LogP contribution in [0.4, 0.5) is 10.5 Å². The maximum absolute atomic E-state index is 12.5. The third-order valence-corrected chi connectivity index (χ3v) is 4.46. The number of nitrogens with zero attached hydrogens (tertiary/aromatic N) is 1. The zero-order valence-electron chi connectivity index (χ0n) is 15.2. The van der Waals surface area contributed by atoms with Crippen molar-refractivity contribution in [1.29, 1.82) is 0 Å². The summed E-state index contributed by atoms with van der Waals surface area (Å²) in [6.07, 6.45) is 1.60. The molecule has 5 nitrogen and oxygen atoms in total. The number of urea groups is 1. The van der Waals surface area contributed by atoms with Gasteiger partial charge in [0, 0.05) is 24.3 Å². The predicted octanol–water partition coefficient (Wildman–Crippen LogP) is 3.10. The second-order valence-electron chi connectivity index (χ2n) is 6.47. The summed E-state index contributed by atoms with van der Waals surface area (Å²) >= 11 is 0. The van der Waals surface area contributed by atoms with Gasteiger partial charge >= 0.3 is 6.03 Å². The average molecular weight is 361 g/mol. The smallest absolute Gasteiger partial charge is 0.318 e. The van der Waals surface area contributed by atoms with Crippen LogP contribution in [0.25, 0.3) is 0 Å².